The zero-order chi connectivity index (χ0) is 20.1. The molecule has 3 rings (SSSR count). The Morgan fingerprint density at radius 2 is 2.00 bits per heavy atom. The number of alkyl halides is 3. The van der Waals surface area contributed by atoms with E-state index >= 15 is 0 Å². The SMILES string of the molecule is CC(NC(=O)c1cccc(OCc2cscn2)c1)c1cccc(C(F)(F)F)c1. The maximum Gasteiger partial charge on any atom is 0.416 e. The molecule has 146 valence electrons. The van der Waals surface area contributed by atoms with Crippen LogP contribution in [0.15, 0.2) is 59.4 Å². The molecule has 1 aromatic heterocycles. The van der Waals surface area contributed by atoms with Crippen molar-refractivity contribution in [1.29, 1.82) is 0 Å². The first-order valence-corrected chi connectivity index (χ1v) is 9.35. The van der Waals surface area contributed by atoms with Crippen molar-refractivity contribution in [2.45, 2.75) is 25.7 Å². The summed E-state index contributed by atoms with van der Waals surface area (Å²) in [7, 11) is 0. The molecule has 1 unspecified atom stereocenters. The summed E-state index contributed by atoms with van der Waals surface area (Å²) in [6, 6.07) is 10.9. The second kappa shape index (κ2) is 8.43. The zero-order valence-electron chi connectivity index (χ0n) is 14.9. The summed E-state index contributed by atoms with van der Waals surface area (Å²) in [5.41, 5.74) is 2.48. The van der Waals surface area contributed by atoms with Gasteiger partial charge < -0.3 is 10.1 Å². The van der Waals surface area contributed by atoms with E-state index in [0.29, 0.717) is 16.9 Å². The maximum atomic E-state index is 12.9. The summed E-state index contributed by atoms with van der Waals surface area (Å²) in [6.07, 6.45) is -4.43. The molecule has 0 radical (unpaired) electrons. The predicted molar refractivity (Wildman–Crippen MR) is 100 cm³/mol. The molecule has 1 atom stereocenters. The second-order valence-electron chi connectivity index (χ2n) is 6.11. The Labute approximate surface area is 164 Å². The largest absolute Gasteiger partial charge is 0.487 e. The monoisotopic (exact) mass is 406 g/mol. The lowest BCUT2D eigenvalue weighted by molar-refractivity contribution is -0.137. The number of halogens is 3. The number of nitrogens with zero attached hydrogens (tertiary/aromatic N) is 1. The Hall–Kier alpha value is -2.87. The van der Waals surface area contributed by atoms with Crippen LogP contribution < -0.4 is 10.1 Å². The van der Waals surface area contributed by atoms with Crippen molar-refractivity contribution in [3.63, 3.8) is 0 Å². The number of hydrogen-bond acceptors (Lipinski definition) is 4. The molecule has 0 fully saturated rings. The minimum absolute atomic E-state index is 0.287. The van der Waals surface area contributed by atoms with Crippen LogP contribution in [-0.4, -0.2) is 10.9 Å². The van der Waals surface area contributed by atoms with Gasteiger partial charge >= 0.3 is 6.18 Å². The molecule has 1 heterocycles. The molecule has 3 aromatic rings. The molecule has 0 aliphatic heterocycles. The summed E-state index contributed by atoms with van der Waals surface area (Å²) in [4.78, 5) is 16.6. The van der Waals surface area contributed by atoms with Crippen molar-refractivity contribution in [3.8, 4) is 5.75 Å². The lowest BCUT2D eigenvalue weighted by atomic mass is 10.0. The Balaban J connectivity index is 1.66. The van der Waals surface area contributed by atoms with Gasteiger partial charge in [0.2, 0.25) is 0 Å². The highest BCUT2D eigenvalue weighted by Crippen LogP contribution is 2.30. The van der Waals surface area contributed by atoms with Crippen LogP contribution in [0.2, 0.25) is 0 Å². The lowest BCUT2D eigenvalue weighted by Gasteiger charge is -2.16. The van der Waals surface area contributed by atoms with E-state index in [1.807, 2.05) is 5.38 Å². The van der Waals surface area contributed by atoms with Gasteiger partial charge in [0.15, 0.2) is 0 Å². The third-order valence-electron chi connectivity index (χ3n) is 4.03. The van der Waals surface area contributed by atoms with Crippen molar-refractivity contribution < 1.29 is 22.7 Å². The zero-order valence-corrected chi connectivity index (χ0v) is 15.7. The fourth-order valence-corrected chi connectivity index (χ4v) is 3.08. The summed E-state index contributed by atoms with van der Waals surface area (Å²) in [5, 5.41) is 4.58. The van der Waals surface area contributed by atoms with Crippen LogP contribution in [0.4, 0.5) is 13.2 Å². The van der Waals surface area contributed by atoms with Crippen molar-refractivity contribution in [2.75, 3.05) is 0 Å². The summed E-state index contributed by atoms with van der Waals surface area (Å²) < 4.78 is 44.2. The topological polar surface area (TPSA) is 51.2 Å². The lowest BCUT2D eigenvalue weighted by Crippen LogP contribution is -2.26. The van der Waals surface area contributed by atoms with Crippen LogP contribution in [0.25, 0.3) is 0 Å². The number of carbonyl (C=O) groups is 1. The maximum absolute atomic E-state index is 12.9. The van der Waals surface area contributed by atoms with Gasteiger partial charge in [-0.05, 0) is 42.8 Å². The highest BCUT2D eigenvalue weighted by atomic mass is 32.1. The molecule has 1 N–H and O–H groups in total. The Kier molecular flexibility index (Phi) is 5.99. The van der Waals surface area contributed by atoms with Gasteiger partial charge in [0, 0.05) is 10.9 Å². The van der Waals surface area contributed by atoms with Gasteiger partial charge in [-0.2, -0.15) is 13.2 Å². The van der Waals surface area contributed by atoms with E-state index in [9.17, 15) is 18.0 Å². The highest BCUT2D eigenvalue weighted by Gasteiger charge is 2.30. The van der Waals surface area contributed by atoms with Crippen molar-refractivity contribution in [1.82, 2.24) is 10.3 Å². The third kappa shape index (κ3) is 5.10. The number of carbonyl (C=O) groups excluding carboxylic acids is 1. The molecule has 0 bridgehead atoms. The Bertz CT molecular complexity index is 943. The Morgan fingerprint density at radius 3 is 2.71 bits per heavy atom. The van der Waals surface area contributed by atoms with E-state index in [2.05, 4.69) is 10.3 Å². The molecule has 0 spiro atoms. The van der Waals surface area contributed by atoms with Crippen molar-refractivity contribution in [3.05, 3.63) is 81.8 Å². The van der Waals surface area contributed by atoms with Crippen LogP contribution in [0.3, 0.4) is 0 Å². The van der Waals surface area contributed by atoms with Crippen molar-refractivity contribution >= 4 is 17.2 Å². The molecule has 4 nitrogen and oxygen atoms in total. The van der Waals surface area contributed by atoms with Crippen LogP contribution in [0.5, 0.6) is 5.75 Å². The minimum Gasteiger partial charge on any atom is -0.487 e. The number of nitrogens with one attached hydrogen (secondary N) is 1. The van der Waals surface area contributed by atoms with E-state index in [4.69, 9.17) is 4.74 Å². The Morgan fingerprint density at radius 1 is 1.21 bits per heavy atom. The van der Waals surface area contributed by atoms with Gasteiger partial charge in [0.25, 0.3) is 5.91 Å². The fraction of sp³-hybridized carbons (Fsp3) is 0.200. The van der Waals surface area contributed by atoms with Gasteiger partial charge in [0.1, 0.15) is 12.4 Å². The van der Waals surface area contributed by atoms with Crippen LogP contribution in [-0.2, 0) is 12.8 Å². The number of rotatable bonds is 6. The van der Waals surface area contributed by atoms with Gasteiger partial charge in [-0.25, -0.2) is 4.98 Å². The van der Waals surface area contributed by atoms with E-state index in [-0.39, 0.29) is 6.61 Å². The summed E-state index contributed by atoms with van der Waals surface area (Å²) >= 11 is 1.46. The highest BCUT2D eigenvalue weighted by molar-refractivity contribution is 7.07. The van der Waals surface area contributed by atoms with E-state index in [0.717, 1.165) is 17.8 Å². The van der Waals surface area contributed by atoms with E-state index in [1.54, 1.807) is 42.8 Å². The summed E-state index contributed by atoms with van der Waals surface area (Å²) in [5.74, 6) is 0.108. The van der Waals surface area contributed by atoms with Gasteiger partial charge in [0.05, 0.1) is 22.8 Å². The average molecular weight is 406 g/mol. The molecule has 0 saturated carbocycles. The summed E-state index contributed by atoms with van der Waals surface area (Å²) in [6.45, 7) is 1.92. The van der Waals surface area contributed by atoms with E-state index < -0.39 is 23.7 Å². The molecule has 1 amide bonds. The predicted octanol–water partition coefficient (Wildman–Crippen LogP) is 5.23. The molecule has 28 heavy (non-hydrogen) atoms. The molecule has 0 aliphatic rings. The first-order chi connectivity index (χ1) is 13.3. The van der Waals surface area contributed by atoms with Gasteiger partial charge in [-0.15, -0.1) is 11.3 Å². The normalized spacial score (nSPS) is 12.4. The average Bonchev–Trinajstić information content (AvgIpc) is 3.19. The third-order valence-corrected chi connectivity index (χ3v) is 4.66. The van der Waals surface area contributed by atoms with Crippen LogP contribution in [0.1, 0.15) is 40.1 Å². The van der Waals surface area contributed by atoms with Gasteiger partial charge in [-0.3, -0.25) is 4.79 Å². The molecule has 0 aliphatic carbocycles. The molecule has 0 saturated heterocycles. The number of ether oxygens (including phenoxy) is 1. The second-order valence-corrected chi connectivity index (χ2v) is 6.83. The standard InChI is InChI=1S/C20H17F3N2O2S/c1-13(14-4-2-6-16(8-14)20(21,22)23)25-19(26)15-5-3-7-18(9-15)27-10-17-11-28-12-24-17/h2-9,11-13H,10H2,1H3,(H,25,26). The van der Waals surface area contributed by atoms with Crippen LogP contribution >= 0.6 is 11.3 Å². The number of aromatic nitrogens is 1. The minimum atomic E-state index is -4.43. The molecular formula is C20H17F3N2O2S. The smallest absolute Gasteiger partial charge is 0.416 e. The number of thiazole rings is 1. The quantitative estimate of drug-likeness (QED) is 0.610. The molecule has 2 aromatic carbocycles. The van der Waals surface area contributed by atoms with Gasteiger partial charge in [-0.1, -0.05) is 18.2 Å². The van der Waals surface area contributed by atoms with Crippen molar-refractivity contribution in [2.24, 2.45) is 0 Å². The number of hydrogen-bond donors (Lipinski definition) is 1. The molecule has 8 heteroatoms. The van der Waals surface area contributed by atoms with Crippen LogP contribution in [0, 0.1) is 0 Å². The first kappa shape index (κ1) is 19.9. The van der Waals surface area contributed by atoms with E-state index in [1.165, 1.54) is 17.4 Å². The first-order valence-electron chi connectivity index (χ1n) is 8.41. The number of amides is 1. The fourth-order valence-electron chi connectivity index (χ4n) is 2.54. The number of benzene rings is 2. The molecular weight excluding hydrogens is 389 g/mol.